The quantitative estimate of drug-likeness (QED) is 0.568. The van der Waals surface area contributed by atoms with Crippen molar-refractivity contribution in [3.63, 3.8) is 0 Å². The van der Waals surface area contributed by atoms with Gasteiger partial charge in [0.1, 0.15) is 0 Å². The molecule has 2 unspecified atom stereocenters. The standard InChI is InChI=1S/C8H17NO/c1-7-2-3-8(6-10)9-5-4-7/h7-10H,2-6H2,1H3. The maximum absolute atomic E-state index is 8.84. The van der Waals surface area contributed by atoms with Crippen LogP contribution in [0.4, 0.5) is 0 Å². The Morgan fingerprint density at radius 1 is 1.40 bits per heavy atom. The highest BCUT2D eigenvalue weighted by Gasteiger charge is 2.13. The van der Waals surface area contributed by atoms with E-state index >= 15 is 0 Å². The van der Waals surface area contributed by atoms with Crippen LogP contribution in [-0.2, 0) is 0 Å². The van der Waals surface area contributed by atoms with E-state index in [0.717, 1.165) is 18.9 Å². The zero-order chi connectivity index (χ0) is 7.40. The second kappa shape index (κ2) is 3.94. The van der Waals surface area contributed by atoms with Gasteiger partial charge in [-0.3, -0.25) is 0 Å². The van der Waals surface area contributed by atoms with Gasteiger partial charge in [0.15, 0.2) is 0 Å². The van der Waals surface area contributed by atoms with E-state index in [1.165, 1.54) is 12.8 Å². The molecule has 0 radical (unpaired) electrons. The maximum Gasteiger partial charge on any atom is 0.0584 e. The average Bonchev–Trinajstić information content (AvgIpc) is 2.14. The molecule has 60 valence electrons. The van der Waals surface area contributed by atoms with E-state index in [1.807, 2.05) is 0 Å². The molecule has 2 heteroatoms. The molecule has 1 rings (SSSR count). The fourth-order valence-electron chi connectivity index (χ4n) is 1.42. The first-order chi connectivity index (χ1) is 4.83. The van der Waals surface area contributed by atoms with Crippen molar-refractivity contribution < 1.29 is 5.11 Å². The summed E-state index contributed by atoms with van der Waals surface area (Å²) in [4.78, 5) is 0. The molecule has 0 aliphatic carbocycles. The highest BCUT2D eigenvalue weighted by molar-refractivity contribution is 4.72. The van der Waals surface area contributed by atoms with Crippen LogP contribution < -0.4 is 5.32 Å². The number of aliphatic hydroxyl groups is 1. The summed E-state index contributed by atoms with van der Waals surface area (Å²) in [6.45, 7) is 3.65. The van der Waals surface area contributed by atoms with Gasteiger partial charge in [-0.2, -0.15) is 0 Å². The molecule has 1 aliphatic heterocycles. The summed E-state index contributed by atoms with van der Waals surface area (Å²) in [5.74, 6) is 0.837. The van der Waals surface area contributed by atoms with E-state index in [1.54, 1.807) is 0 Å². The molecule has 1 aliphatic rings. The normalized spacial score (nSPS) is 35.4. The van der Waals surface area contributed by atoms with Crippen LogP contribution in [0.2, 0.25) is 0 Å². The maximum atomic E-state index is 8.84. The molecule has 0 bridgehead atoms. The fraction of sp³-hybridized carbons (Fsp3) is 1.00. The zero-order valence-electron chi connectivity index (χ0n) is 6.64. The summed E-state index contributed by atoms with van der Waals surface area (Å²) in [6.07, 6.45) is 3.66. The van der Waals surface area contributed by atoms with E-state index in [4.69, 9.17) is 5.11 Å². The van der Waals surface area contributed by atoms with Crippen molar-refractivity contribution in [2.75, 3.05) is 13.2 Å². The lowest BCUT2D eigenvalue weighted by atomic mass is 10.0. The summed E-state index contributed by atoms with van der Waals surface area (Å²) in [7, 11) is 0. The zero-order valence-corrected chi connectivity index (χ0v) is 6.64. The SMILES string of the molecule is CC1CCNC(CO)CC1. The van der Waals surface area contributed by atoms with Crippen molar-refractivity contribution in [2.24, 2.45) is 5.92 Å². The van der Waals surface area contributed by atoms with Crippen molar-refractivity contribution in [2.45, 2.75) is 32.2 Å². The molecular weight excluding hydrogens is 126 g/mol. The van der Waals surface area contributed by atoms with Gasteiger partial charge in [-0.1, -0.05) is 6.92 Å². The molecular formula is C8H17NO. The van der Waals surface area contributed by atoms with Gasteiger partial charge in [-0.25, -0.2) is 0 Å². The Bertz CT molecular complexity index is 95.3. The minimum Gasteiger partial charge on any atom is -0.395 e. The molecule has 0 saturated carbocycles. The van der Waals surface area contributed by atoms with E-state index in [9.17, 15) is 0 Å². The first-order valence-electron chi connectivity index (χ1n) is 4.17. The third-order valence-corrected chi connectivity index (χ3v) is 2.30. The van der Waals surface area contributed by atoms with E-state index in [-0.39, 0.29) is 0 Å². The van der Waals surface area contributed by atoms with Crippen molar-refractivity contribution in [1.29, 1.82) is 0 Å². The third kappa shape index (κ3) is 2.27. The number of hydrogen-bond donors (Lipinski definition) is 2. The summed E-state index contributed by atoms with van der Waals surface area (Å²) in [6, 6.07) is 0.366. The summed E-state index contributed by atoms with van der Waals surface area (Å²) < 4.78 is 0. The monoisotopic (exact) mass is 143 g/mol. The molecule has 0 spiro atoms. The van der Waals surface area contributed by atoms with Gasteiger partial charge in [0.05, 0.1) is 6.61 Å². The van der Waals surface area contributed by atoms with Gasteiger partial charge in [-0.05, 0) is 31.7 Å². The summed E-state index contributed by atoms with van der Waals surface area (Å²) >= 11 is 0. The third-order valence-electron chi connectivity index (χ3n) is 2.30. The topological polar surface area (TPSA) is 32.3 Å². The number of nitrogens with one attached hydrogen (secondary N) is 1. The van der Waals surface area contributed by atoms with Gasteiger partial charge in [0.25, 0.3) is 0 Å². The lowest BCUT2D eigenvalue weighted by Crippen LogP contribution is -2.31. The Morgan fingerprint density at radius 2 is 2.20 bits per heavy atom. The molecule has 2 nitrogen and oxygen atoms in total. The van der Waals surface area contributed by atoms with Crippen LogP contribution in [0, 0.1) is 5.92 Å². The molecule has 0 aromatic rings. The van der Waals surface area contributed by atoms with Crippen molar-refractivity contribution in [3.8, 4) is 0 Å². The van der Waals surface area contributed by atoms with E-state index in [0.29, 0.717) is 12.6 Å². The Balaban J connectivity index is 2.26. The lowest BCUT2D eigenvalue weighted by Gasteiger charge is -2.10. The van der Waals surface area contributed by atoms with E-state index < -0.39 is 0 Å². The van der Waals surface area contributed by atoms with Crippen molar-refractivity contribution >= 4 is 0 Å². The Kier molecular flexibility index (Phi) is 3.16. The molecule has 0 aromatic heterocycles. The van der Waals surface area contributed by atoms with Crippen LogP contribution in [0.15, 0.2) is 0 Å². The van der Waals surface area contributed by atoms with Gasteiger partial charge >= 0.3 is 0 Å². The minimum atomic E-state index is 0.298. The largest absolute Gasteiger partial charge is 0.395 e. The lowest BCUT2D eigenvalue weighted by molar-refractivity contribution is 0.239. The first kappa shape index (κ1) is 8.02. The molecule has 1 heterocycles. The van der Waals surface area contributed by atoms with Crippen LogP contribution in [0.3, 0.4) is 0 Å². The Morgan fingerprint density at radius 3 is 2.90 bits per heavy atom. The predicted molar refractivity (Wildman–Crippen MR) is 41.9 cm³/mol. The van der Waals surface area contributed by atoms with Gasteiger partial charge in [-0.15, -0.1) is 0 Å². The van der Waals surface area contributed by atoms with Crippen molar-refractivity contribution in [3.05, 3.63) is 0 Å². The van der Waals surface area contributed by atoms with Crippen molar-refractivity contribution in [1.82, 2.24) is 5.32 Å². The number of aliphatic hydroxyl groups excluding tert-OH is 1. The predicted octanol–water partition coefficient (Wildman–Crippen LogP) is 0.757. The highest BCUT2D eigenvalue weighted by Crippen LogP contribution is 2.14. The fourth-order valence-corrected chi connectivity index (χ4v) is 1.42. The van der Waals surface area contributed by atoms with Crippen LogP contribution in [0.25, 0.3) is 0 Å². The smallest absolute Gasteiger partial charge is 0.0584 e. The van der Waals surface area contributed by atoms with Crippen LogP contribution in [-0.4, -0.2) is 24.3 Å². The Labute approximate surface area is 62.6 Å². The number of rotatable bonds is 1. The minimum absolute atomic E-state index is 0.298. The Hall–Kier alpha value is -0.0800. The average molecular weight is 143 g/mol. The second-order valence-electron chi connectivity index (χ2n) is 3.30. The van der Waals surface area contributed by atoms with Gasteiger partial charge in [0, 0.05) is 6.04 Å². The number of hydrogen-bond acceptors (Lipinski definition) is 2. The van der Waals surface area contributed by atoms with E-state index in [2.05, 4.69) is 12.2 Å². The molecule has 10 heavy (non-hydrogen) atoms. The van der Waals surface area contributed by atoms with Crippen LogP contribution >= 0.6 is 0 Å². The van der Waals surface area contributed by atoms with Gasteiger partial charge in [0.2, 0.25) is 0 Å². The highest BCUT2D eigenvalue weighted by atomic mass is 16.3. The van der Waals surface area contributed by atoms with Crippen LogP contribution in [0.5, 0.6) is 0 Å². The molecule has 1 fully saturated rings. The second-order valence-corrected chi connectivity index (χ2v) is 3.30. The molecule has 0 aromatic carbocycles. The molecule has 2 atom stereocenters. The molecule has 1 saturated heterocycles. The summed E-state index contributed by atoms with van der Waals surface area (Å²) in [5, 5.41) is 12.2. The van der Waals surface area contributed by atoms with Gasteiger partial charge < -0.3 is 10.4 Å². The molecule has 0 amide bonds. The summed E-state index contributed by atoms with van der Waals surface area (Å²) in [5.41, 5.74) is 0. The first-order valence-corrected chi connectivity index (χ1v) is 4.17. The molecule has 2 N–H and O–H groups in total. The van der Waals surface area contributed by atoms with Crippen LogP contribution in [0.1, 0.15) is 26.2 Å².